The van der Waals surface area contributed by atoms with Crippen LogP contribution in [0.3, 0.4) is 0 Å². The van der Waals surface area contributed by atoms with E-state index < -0.39 is 0 Å². The van der Waals surface area contributed by atoms with Crippen molar-refractivity contribution in [1.82, 2.24) is 0 Å². The van der Waals surface area contributed by atoms with Gasteiger partial charge in [0.05, 0.1) is 0 Å². The third-order valence-electron chi connectivity index (χ3n) is 2.02. The molecule has 0 aliphatic heterocycles. The van der Waals surface area contributed by atoms with E-state index in [1.165, 1.54) is 0 Å². The van der Waals surface area contributed by atoms with E-state index in [1.807, 2.05) is 0 Å². The van der Waals surface area contributed by atoms with Gasteiger partial charge in [0, 0.05) is 18.7 Å². The predicted octanol–water partition coefficient (Wildman–Crippen LogP) is -0.957. The minimum atomic E-state index is 0.113. The maximum Gasteiger partial charge on any atom is 0.0460 e. The van der Waals surface area contributed by atoms with Crippen LogP contribution in [0.4, 0.5) is 0 Å². The zero-order valence-corrected chi connectivity index (χ0v) is 5.46. The molecule has 0 aromatic carbocycles. The van der Waals surface area contributed by atoms with Gasteiger partial charge in [-0.3, -0.25) is 0 Å². The van der Waals surface area contributed by atoms with Crippen molar-refractivity contribution in [3.05, 3.63) is 0 Å². The molecule has 3 nitrogen and oxygen atoms in total. The zero-order chi connectivity index (χ0) is 6.85. The average molecular weight is 130 g/mol. The quantitative estimate of drug-likeness (QED) is 0.428. The smallest absolute Gasteiger partial charge is 0.0460 e. The van der Waals surface area contributed by atoms with E-state index in [9.17, 15) is 0 Å². The normalized spacial score (nSPS) is 43.7. The standard InChI is InChI=1S/C6H14N2O/c7-5-1-4(3-9)2-6(5)8/h4-6,9H,1-3,7-8H2. The van der Waals surface area contributed by atoms with Gasteiger partial charge < -0.3 is 16.6 Å². The van der Waals surface area contributed by atoms with Crippen LogP contribution in [0, 0.1) is 5.92 Å². The average Bonchev–Trinajstić information content (AvgIpc) is 2.13. The largest absolute Gasteiger partial charge is 0.396 e. The van der Waals surface area contributed by atoms with Gasteiger partial charge in [-0.25, -0.2) is 0 Å². The molecule has 2 atom stereocenters. The second kappa shape index (κ2) is 2.64. The van der Waals surface area contributed by atoms with Gasteiger partial charge in [0.15, 0.2) is 0 Å². The summed E-state index contributed by atoms with van der Waals surface area (Å²) >= 11 is 0. The van der Waals surface area contributed by atoms with Crippen molar-refractivity contribution in [3.8, 4) is 0 Å². The van der Waals surface area contributed by atoms with Gasteiger partial charge in [0.2, 0.25) is 0 Å². The minimum absolute atomic E-state index is 0.113. The molecule has 2 unspecified atom stereocenters. The highest BCUT2D eigenvalue weighted by Crippen LogP contribution is 2.22. The molecule has 0 amide bonds. The molecule has 1 aliphatic rings. The summed E-state index contributed by atoms with van der Waals surface area (Å²) in [4.78, 5) is 0. The van der Waals surface area contributed by atoms with Crippen LogP contribution in [0.25, 0.3) is 0 Å². The number of nitrogens with two attached hydrogens (primary N) is 2. The number of aliphatic hydroxyl groups excluding tert-OH is 1. The highest BCUT2D eigenvalue weighted by molar-refractivity contribution is 4.88. The Kier molecular flexibility index (Phi) is 2.05. The lowest BCUT2D eigenvalue weighted by molar-refractivity contribution is 0.228. The van der Waals surface area contributed by atoms with E-state index in [-0.39, 0.29) is 18.7 Å². The Labute approximate surface area is 55.0 Å². The molecule has 3 heteroatoms. The van der Waals surface area contributed by atoms with Gasteiger partial charge in [0.1, 0.15) is 0 Å². The topological polar surface area (TPSA) is 72.3 Å². The second-order valence-electron chi connectivity index (χ2n) is 2.85. The Balaban J connectivity index is 2.35. The Hall–Kier alpha value is -0.120. The molecule has 1 saturated carbocycles. The molecule has 1 fully saturated rings. The highest BCUT2D eigenvalue weighted by atomic mass is 16.3. The molecule has 0 heterocycles. The molecular weight excluding hydrogens is 116 g/mol. The third kappa shape index (κ3) is 1.41. The summed E-state index contributed by atoms with van der Waals surface area (Å²) in [5, 5.41) is 8.69. The first kappa shape index (κ1) is 6.99. The molecule has 0 aromatic rings. The van der Waals surface area contributed by atoms with E-state index >= 15 is 0 Å². The van der Waals surface area contributed by atoms with Crippen molar-refractivity contribution in [1.29, 1.82) is 0 Å². The van der Waals surface area contributed by atoms with Gasteiger partial charge in [0.25, 0.3) is 0 Å². The van der Waals surface area contributed by atoms with Crippen molar-refractivity contribution in [3.63, 3.8) is 0 Å². The van der Waals surface area contributed by atoms with E-state index in [4.69, 9.17) is 16.6 Å². The van der Waals surface area contributed by atoms with Gasteiger partial charge in [-0.05, 0) is 18.8 Å². The SMILES string of the molecule is NC1CC(CO)CC1N. The highest BCUT2D eigenvalue weighted by Gasteiger charge is 2.27. The van der Waals surface area contributed by atoms with Crippen LogP contribution in [-0.4, -0.2) is 23.8 Å². The summed E-state index contributed by atoms with van der Waals surface area (Å²) in [5.41, 5.74) is 11.2. The maximum atomic E-state index is 8.69. The summed E-state index contributed by atoms with van der Waals surface area (Å²) < 4.78 is 0. The predicted molar refractivity (Wildman–Crippen MR) is 35.8 cm³/mol. The van der Waals surface area contributed by atoms with Gasteiger partial charge >= 0.3 is 0 Å². The monoisotopic (exact) mass is 130 g/mol. The zero-order valence-electron chi connectivity index (χ0n) is 5.46. The van der Waals surface area contributed by atoms with Crippen LogP contribution in [0.5, 0.6) is 0 Å². The van der Waals surface area contributed by atoms with E-state index in [0.717, 1.165) is 12.8 Å². The lowest BCUT2D eigenvalue weighted by Crippen LogP contribution is -2.35. The first-order chi connectivity index (χ1) is 4.24. The number of aliphatic hydroxyl groups is 1. The van der Waals surface area contributed by atoms with E-state index in [0.29, 0.717) is 5.92 Å². The lowest BCUT2D eigenvalue weighted by atomic mass is 10.1. The van der Waals surface area contributed by atoms with Gasteiger partial charge in [-0.1, -0.05) is 0 Å². The molecule has 0 bridgehead atoms. The van der Waals surface area contributed by atoms with E-state index in [2.05, 4.69) is 0 Å². The third-order valence-corrected chi connectivity index (χ3v) is 2.02. The summed E-state index contributed by atoms with van der Waals surface area (Å²) in [6.07, 6.45) is 1.77. The molecule has 0 spiro atoms. The van der Waals surface area contributed by atoms with Crippen LogP contribution in [-0.2, 0) is 0 Å². The van der Waals surface area contributed by atoms with Crippen molar-refractivity contribution >= 4 is 0 Å². The first-order valence-electron chi connectivity index (χ1n) is 3.36. The molecule has 9 heavy (non-hydrogen) atoms. The number of hydrogen-bond acceptors (Lipinski definition) is 3. The van der Waals surface area contributed by atoms with Crippen molar-refractivity contribution < 1.29 is 5.11 Å². The molecule has 0 saturated heterocycles. The first-order valence-corrected chi connectivity index (χ1v) is 3.36. The Bertz CT molecular complexity index is 87.1. The molecule has 0 aromatic heterocycles. The molecule has 54 valence electrons. The fourth-order valence-electron chi connectivity index (χ4n) is 1.36. The molecule has 1 aliphatic carbocycles. The Morgan fingerprint density at radius 1 is 1.22 bits per heavy atom. The van der Waals surface area contributed by atoms with Crippen molar-refractivity contribution in [2.45, 2.75) is 24.9 Å². The van der Waals surface area contributed by atoms with Crippen LogP contribution in [0.15, 0.2) is 0 Å². The molecule has 1 rings (SSSR count). The Morgan fingerprint density at radius 2 is 1.67 bits per heavy atom. The fourth-order valence-corrected chi connectivity index (χ4v) is 1.36. The maximum absolute atomic E-state index is 8.69. The molecule has 5 N–H and O–H groups in total. The fraction of sp³-hybridized carbons (Fsp3) is 1.00. The van der Waals surface area contributed by atoms with Crippen LogP contribution < -0.4 is 11.5 Å². The van der Waals surface area contributed by atoms with Crippen LogP contribution in [0.1, 0.15) is 12.8 Å². The molecular formula is C6H14N2O. The van der Waals surface area contributed by atoms with Crippen LogP contribution in [0.2, 0.25) is 0 Å². The summed E-state index contributed by atoms with van der Waals surface area (Å²) in [5.74, 6) is 0.356. The van der Waals surface area contributed by atoms with Crippen LogP contribution >= 0.6 is 0 Å². The number of hydrogen-bond donors (Lipinski definition) is 3. The lowest BCUT2D eigenvalue weighted by Gasteiger charge is -2.05. The Morgan fingerprint density at radius 3 is 1.89 bits per heavy atom. The summed E-state index contributed by atoms with van der Waals surface area (Å²) in [6.45, 7) is 0.238. The minimum Gasteiger partial charge on any atom is -0.396 e. The van der Waals surface area contributed by atoms with Crippen molar-refractivity contribution in [2.24, 2.45) is 17.4 Å². The van der Waals surface area contributed by atoms with Gasteiger partial charge in [-0.2, -0.15) is 0 Å². The van der Waals surface area contributed by atoms with E-state index in [1.54, 1.807) is 0 Å². The number of rotatable bonds is 1. The molecule has 0 radical (unpaired) electrons. The second-order valence-corrected chi connectivity index (χ2v) is 2.85. The van der Waals surface area contributed by atoms with Crippen molar-refractivity contribution in [2.75, 3.05) is 6.61 Å². The van der Waals surface area contributed by atoms with Gasteiger partial charge in [-0.15, -0.1) is 0 Å². The summed E-state index contributed by atoms with van der Waals surface area (Å²) in [7, 11) is 0. The summed E-state index contributed by atoms with van der Waals surface area (Å²) in [6, 6.07) is 0.226.